The van der Waals surface area contributed by atoms with Gasteiger partial charge < -0.3 is 5.73 Å². The highest BCUT2D eigenvalue weighted by Crippen LogP contribution is 2.38. The molecular weight excluding hydrogens is 228 g/mol. The van der Waals surface area contributed by atoms with Crippen LogP contribution < -0.4 is 10.5 Å². The first kappa shape index (κ1) is 11.9. The van der Waals surface area contributed by atoms with Crippen LogP contribution in [0, 0.1) is 5.41 Å². The summed E-state index contributed by atoms with van der Waals surface area (Å²) in [7, 11) is -3.43. The van der Waals surface area contributed by atoms with Crippen molar-refractivity contribution in [2.75, 3.05) is 6.54 Å². The lowest BCUT2D eigenvalue weighted by Crippen LogP contribution is -2.47. The standard InChI is InChI=1S/C10H18N2O3S/c11-7-10(5-1-2-6-10)9(13)12-16(14,15)8-3-4-8/h8H,1-7,11H2,(H,12,13). The van der Waals surface area contributed by atoms with Crippen molar-refractivity contribution in [3.05, 3.63) is 0 Å². The molecule has 0 aromatic rings. The molecule has 0 spiro atoms. The summed E-state index contributed by atoms with van der Waals surface area (Å²) in [4.78, 5) is 12.0. The molecule has 0 bridgehead atoms. The average Bonchev–Trinajstić information content (AvgIpc) is 2.97. The third kappa shape index (κ3) is 2.08. The van der Waals surface area contributed by atoms with Gasteiger partial charge in [-0.3, -0.25) is 9.52 Å². The fraction of sp³-hybridized carbons (Fsp3) is 0.900. The van der Waals surface area contributed by atoms with Crippen molar-refractivity contribution in [2.45, 2.75) is 43.8 Å². The summed E-state index contributed by atoms with van der Waals surface area (Å²) in [5.74, 6) is -0.389. The lowest BCUT2D eigenvalue weighted by atomic mass is 9.86. The van der Waals surface area contributed by atoms with Crippen molar-refractivity contribution in [3.63, 3.8) is 0 Å². The van der Waals surface area contributed by atoms with Crippen LogP contribution in [0.5, 0.6) is 0 Å². The Morgan fingerprint density at radius 2 is 1.88 bits per heavy atom. The molecule has 0 saturated heterocycles. The van der Waals surface area contributed by atoms with E-state index >= 15 is 0 Å². The zero-order valence-corrected chi connectivity index (χ0v) is 10.1. The molecule has 0 aromatic heterocycles. The van der Waals surface area contributed by atoms with Gasteiger partial charge in [-0.25, -0.2) is 8.42 Å². The molecule has 2 fully saturated rings. The van der Waals surface area contributed by atoms with Gasteiger partial charge in [-0.2, -0.15) is 0 Å². The molecule has 0 radical (unpaired) electrons. The number of nitrogens with two attached hydrogens (primary N) is 1. The normalized spacial score (nSPS) is 24.3. The zero-order chi connectivity index (χ0) is 11.8. The number of carbonyl (C=O) groups is 1. The summed E-state index contributed by atoms with van der Waals surface area (Å²) < 4.78 is 25.5. The topological polar surface area (TPSA) is 89.3 Å². The smallest absolute Gasteiger partial charge is 0.240 e. The molecule has 0 atom stereocenters. The SMILES string of the molecule is NCC1(C(=O)NS(=O)(=O)C2CC2)CCCC1. The number of carbonyl (C=O) groups excluding carboxylic acids is 1. The van der Waals surface area contributed by atoms with Gasteiger partial charge in [-0.1, -0.05) is 12.8 Å². The maximum atomic E-state index is 12.0. The van der Waals surface area contributed by atoms with E-state index in [2.05, 4.69) is 4.72 Å². The van der Waals surface area contributed by atoms with Crippen LogP contribution >= 0.6 is 0 Å². The van der Waals surface area contributed by atoms with Gasteiger partial charge in [0.05, 0.1) is 10.7 Å². The van der Waals surface area contributed by atoms with E-state index in [-0.39, 0.29) is 17.7 Å². The Hall–Kier alpha value is -0.620. The lowest BCUT2D eigenvalue weighted by Gasteiger charge is -2.25. The molecule has 16 heavy (non-hydrogen) atoms. The Morgan fingerprint density at radius 3 is 2.31 bits per heavy atom. The lowest BCUT2D eigenvalue weighted by molar-refractivity contribution is -0.128. The molecule has 0 heterocycles. The second kappa shape index (κ2) is 4.00. The quantitative estimate of drug-likeness (QED) is 0.737. The van der Waals surface area contributed by atoms with Crippen molar-refractivity contribution in [1.82, 2.24) is 4.72 Å². The highest BCUT2D eigenvalue weighted by atomic mass is 32.2. The van der Waals surface area contributed by atoms with E-state index in [0.717, 1.165) is 12.8 Å². The Morgan fingerprint density at radius 1 is 1.31 bits per heavy atom. The van der Waals surface area contributed by atoms with Crippen LogP contribution in [0.15, 0.2) is 0 Å². The third-order valence-corrected chi connectivity index (χ3v) is 5.45. The first-order valence-electron chi connectivity index (χ1n) is 5.76. The molecule has 2 rings (SSSR count). The van der Waals surface area contributed by atoms with Gasteiger partial charge in [0, 0.05) is 6.54 Å². The number of rotatable bonds is 4. The summed E-state index contributed by atoms with van der Waals surface area (Å²) in [5.41, 5.74) is 4.99. The summed E-state index contributed by atoms with van der Waals surface area (Å²) >= 11 is 0. The minimum absolute atomic E-state index is 0.235. The van der Waals surface area contributed by atoms with E-state index in [1.165, 1.54) is 0 Å². The van der Waals surface area contributed by atoms with Crippen LogP contribution in [-0.2, 0) is 14.8 Å². The van der Waals surface area contributed by atoms with E-state index in [1.807, 2.05) is 0 Å². The van der Waals surface area contributed by atoms with Crippen LogP contribution in [0.2, 0.25) is 0 Å². The molecule has 1 amide bonds. The highest BCUT2D eigenvalue weighted by Gasteiger charge is 2.44. The predicted octanol–water partition coefficient (Wildman–Crippen LogP) is 0.114. The fourth-order valence-electron chi connectivity index (χ4n) is 2.27. The Balaban J connectivity index is 2.06. The predicted molar refractivity (Wildman–Crippen MR) is 60.0 cm³/mol. The largest absolute Gasteiger partial charge is 0.329 e. The summed E-state index contributed by atoms with van der Waals surface area (Å²) in [5, 5.41) is -0.354. The summed E-state index contributed by atoms with van der Waals surface area (Å²) in [6.45, 7) is 0.235. The fourth-order valence-corrected chi connectivity index (χ4v) is 3.67. The molecule has 2 saturated carbocycles. The Labute approximate surface area is 95.8 Å². The molecule has 3 N–H and O–H groups in total. The van der Waals surface area contributed by atoms with Crippen LogP contribution in [-0.4, -0.2) is 26.1 Å². The zero-order valence-electron chi connectivity index (χ0n) is 9.24. The minimum atomic E-state index is -3.43. The van der Waals surface area contributed by atoms with E-state index in [1.54, 1.807) is 0 Å². The van der Waals surface area contributed by atoms with Crippen molar-refractivity contribution < 1.29 is 13.2 Å². The van der Waals surface area contributed by atoms with Crippen molar-refractivity contribution in [1.29, 1.82) is 0 Å². The van der Waals surface area contributed by atoms with Crippen molar-refractivity contribution >= 4 is 15.9 Å². The molecule has 0 aromatic carbocycles. The maximum absolute atomic E-state index is 12.0. The van der Waals surface area contributed by atoms with E-state index in [9.17, 15) is 13.2 Å². The van der Waals surface area contributed by atoms with E-state index in [4.69, 9.17) is 5.73 Å². The van der Waals surface area contributed by atoms with Gasteiger partial charge in [0.25, 0.3) is 0 Å². The number of hydrogen-bond acceptors (Lipinski definition) is 4. The second-order valence-electron chi connectivity index (χ2n) is 4.87. The number of nitrogens with one attached hydrogen (secondary N) is 1. The van der Waals surface area contributed by atoms with Gasteiger partial charge in [-0.05, 0) is 25.7 Å². The third-order valence-electron chi connectivity index (χ3n) is 3.63. The second-order valence-corrected chi connectivity index (χ2v) is 6.83. The Bertz CT molecular complexity index is 381. The highest BCUT2D eigenvalue weighted by molar-refractivity contribution is 7.90. The van der Waals surface area contributed by atoms with Gasteiger partial charge >= 0.3 is 0 Å². The van der Waals surface area contributed by atoms with E-state index in [0.29, 0.717) is 25.7 Å². The van der Waals surface area contributed by atoms with Gasteiger partial charge in [0.15, 0.2) is 0 Å². The van der Waals surface area contributed by atoms with Crippen molar-refractivity contribution in [2.24, 2.45) is 11.1 Å². The number of sulfonamides is 1. The minimum Gasteiger partial charge on any atom is -0.329 e. The summed E-state index contributed by atoms with van der Waals surface area (Å²) in [6.07, 6.45) is 4.64. The monoisotopic (exact) mass is 246 g/mol. The van der Waals surface area contributed by atoms with Crippen LogP contribution in [0.25, 0.3) is 0 Å². The van der Waals surface area contributed by atoms with Gasteiger partial charge in [-0.15, -0.1) is 0 Å². The first-order valence-corrected chi connectivity index (χ1v) is 7.31. The Kier molecular flexibility index (Phi) is 2.96. The van der Waals surface area contributed by atoms with Gasteiger partial charge in [0.1, 0.15) is 0 Å². The van der Waals surface area contributed by atoms with Crippen LogP contribution in [0.1, 0.15) is 38.5 Å². The molecular formula is C10H18N2O3S. The van der Waals surface area contributed by atoms with E-state index < -0.39 is 15.4 Å². The molecule has 0 aliphatic heterocycles. The van der Waals surface area contributed by atoms with Crippen LogP contribution in [0.4, 0.5) is 0 Å². The van der Waals surface area contributed by atoms with Crippen molar-refractivity contribution in [3.8, 4) is 0 Å². The maximum Gasteiger partial charge on any atom is 0.240 e. The first-order chi connectivity index (χ1) is 7.50. The summed E-state index contributed by atoms with van der Waals surface area (Å²) in [6, 6.07) is 0. The molecule has 92 valence electrons. The number of amides is 1. The number of hydrogen-bond donors (Lipinski definition) is 2. The molecule has 0 unspecified atom stereocenters. The molecule has 2 aliphatic carbocycles. The van der Waals surface area contributed by atoms with Gasteiger partial charge in [0.2, 0.25) is 15.9 Å². The molecule has 6 heteroatoms. The van der Waals surface area contributed by atoms with Crippen LogP contribution in [0.3, 0.4) is 0 Å². The molecule has 2 aliphatic rings. The molecule has 5 nitrogen and oxygen atoms in total. The average molecular weight is 246 g/mol.